The third kappa shape index (κ3) is 4.38. The van der Waals surface area contributed by atoms with Crippen molar-refractivity contribution in [2.24, 2.45) is 0 Å². The van der Waals surface area contributed by atoms with Crippen LogP contribution in [0.15, 0.2) is 36.5 Å². The predicted octanol–water partition coefficient (Wildman–Crippen LogP) is 9.77. The molecule has 0 saturated heterocycles. The van der Waals surface area contributed by atoms with E-state index in [2.05, 4.69) is 120 Å². The Kier molecular flexibility index (Phi) is 9.28. The quantitative estimate of drug-likeness (QED) is 0.272. The highest BCUT2D eigenvalue weighted by Gasteiger charge is 2.49. The van der Waals surface area contributed by atoms with Crippen LogP contribution in [-0.2, 0) is 0 Å². The number of hydrogen-bond acceptors (Lipinski definition) is 0. The molecular weight excluding hydrogens is 368 g/mol. The fraction of sp³-hybridized carbons (Fsp3) is 0.769. The second-order valence-corrected chi connectivity index (χ2v) is 23.4. The lowest BCUT2D eigenvalue weighted by atomic mass is 10.2. The van der Waals surface area contributed by atoms with Crippen LogP contribution >= 0.6 is 0 Å². The van der Waals surface area contributed by atoms with E-state index in [0.29, 0.717) is 11.1 Å². The summed E-state index contributed by atoms with van der Waals surface area (Å²) in [6, 6.07) is 0. The standard InChI is InChI=1S/C26H50Si2/c1-19(2)27(20(3)4,21(5)6)25-15-13-14-16-26(18-17-25)28(22(7)8,23(9)10)24(11)12/h13-26H,1-12H3/b15-13-,16-14-,18-17-. The average Bonchev–Trinajstić information content (AvgIpc) is 2.50. The summed E-state index contributed by atoms with van der Waals surface area (Å²) >= 11 is 0. The lowest BCUT2D eigenvalue weighted by Gasteiger charge is -2.49. The highest BCUT2D eigenvalue weighted by molar-refractivity contribution is 6.86. The average molecular weight is 419 g/mol. The van der Waals surface area contributed by atoms with E-state index in [9.17, 15) is 0 Å². The zero-order valence-electron chi connectivity index (χ0n) is 21.1. The molecule has 0 saturated carbocycles. The first-order valence-electron chi connectivity index (χ1n) is 11.9. The molecule has 162 valence electrons. The van der Waals surface area contributed by atoms with Crippen LogP contribution in [0.3, 0.4) is 0 Å². The topological polar surface area (TPSA) is 0 Å². The predicted molar refractivity (Wildman–Crippen MR) is 137 cm³/mol. The normalized spacial score (nSPS) is 25.1. The monoisotopic (exact) mass is 418 g/mol. The van der Waals surface area contributed by atoms with Crippen molar-refractivity contribution in [2.75, 3.05) is 0 Å². The molecule has 1 rings (SSSR count). The van der Waals surface area contributed by atoms with Crippen molar-refractivity contribution in [3.8, 4) is 0 Å². The van der Waals surface area contributed by atoms with Gasteiger partial charge in [0.2, 0.25) is 0 Å². The summed E-state index contributed by atoms with van der Waals surface area (Å²) in [5.41, 5.74) is 6.00. The molecule has 0 aromatic carbocycles. The molecule has 0 spiro atoms. The van der Waals surface area contributed by atoms with Gasteiger partial charge in [0.1, 0.15) is 0 Å². The third-order valence-electron chi connectivity index (χ3n) is 8.43. The van der Waals surface area contributed by atoms with Gasteiger partial charge in [0.25, 0.3) is 0 Å². The van der Waals surface area contributed by atoms with Gasteiger partial charge in [-0.1, -0.05) is 120 Å². The van der Waals surface area contributed by atoms with Gasteiger partial charge in [-0.05, 0) is 44.3 Å². The Balaban J connectivity index is 3.56. The Labute approximate surface area is 180 Å². The first kappa shape index (κ1) is 25.7. The second-order valence-electron chi connectivity index (χ2n) is 11.1. The molecule has 1 aliphatic carbocycles. The molecule has 0 fully saturated rings. The maximum absolute atomic E-state index is 2.67. The first-order valence-corrected chi connectivity index (χ1v) is 16.5. The summed E-state index contributed by atoms with van der Waals surface area (Å²) < 4.78 is 0. The summed E-state index contributed by atoms with van der Waals surface area (Å²) in [5, 5.41) is 0. The van der Waals surface area contributed by atoms with Gasteiger partial charge in [0, 0.05) is 0 Å². The number of hydrogen-bond donors (Lipinski definition) is 0. The molecule has 0 radical (unpaired) electrons. The van der Waals surface area contributed by atoms with Gasteiger partial charge in [-0.15, -0.1) is 0 Å². The van der Waals surface area contributed by atoms with Crippen LogP contribution in [0.1, 0.15) is 83.1 Å². The molecule has 0 N–H and O–H groups in total. The smallest absolute Gasteiger partial charge is 0.0724 e. The van der Waals surface area contributed by atoms with Gasteiger partial charge in [-0.3, -0.25) is 0 Å². The Hall–Kier alpha value is -0.346. The second kappa shape index (κ2) is 10.1. The highest BCUT2D eigenvalue weighted by atomic mass is 28.3. The van der Waals surface area contributed by atoms with Crippen LogP contribution in [0.25, 0.3) is 0 Å². The van der Waals surface area contributed by atoms with Crippen LogP contribution in [-0.4, -0.2) is 16.1 Å². The fourth-order valence-corrected chi connectivity index (χ4v) is 22.1. The lowest BCUT2D eigenvalue weighted by Crippen LogP contribution is -2.49. The number of rotatable bonds is 8. The molecular formula is C26H50Si2. The first-order chi connectivity index (χ1) is 12.9. The minimum atomic E-state index is -1.54. The molecule has 2 heteroatoms. The van der Waals surface area contributed by atoms with Crippen molar-refractivity contribution in [3.05, 3.63) is 36.5 Å². The van der Waals surface area contributed by atoms with Crippen molar-refractivity contribution in [3.63, 3.8) is 0 Å². The third-order valence-corrected chi connectivity index (χ3v) is 23.5. The highest BCUT2D eigenvalue weighted by Crippen LogP contribution is 2.53. The Bertz CT molecular complexity index is 467. The SMILES string of the molecule is CC(C)[Si](C(C)C)(C(C)C)C1/C=C\C=C/C([Si](C(C)C)(C(C)C)C(C)C)/C=C\1. The van der Waals surface area contributed by atoms with Crippen molar-refractivity contribution in [1.29, 1.82) is 0 Å². The van der Waals surface area contributed by atoms with Gasteiger partial charge in [-0.2, -0.15) is 0 Å². The van der Waals surface area contributed by atoms with Crippen LogP contribution in [0.5, 0.6) is 0 Å². The maximum Gasteiger partial charge on any atom is 0.0724 e. The van der Waals surface area contributed by atoms with Crippen LogP contribution < -0.4 is 0 Å². The largest absolute Gasteiger partial charge is 0.0840 e. The zero-order chi connectivity index (χ0) is 21.9. The lowest BCUT2D eigenvalue weighted by molar-refractivity contribution is 0.781. The Morgan fingerprint density at radius 3 is 0.786 bits per heavy atom. The van der Waals surface area contributed by atoms with Crippen molar-refractivity contribution < 1.29 is 0 Å². The van der Waals surface area contributed by atoms with Gasteiger partial charge >= 0.3 is 0 Å². The van der Waals surface area contributed by atoms with Crippen molar-refractivity contribution in [1.82, 2.24) is 0 Å². The molecule has 0 heterocycles. The fourth-order valence-electron chi connectivity index (χ4n) is 7.71. The summed E-state index contributed by atoms with van der Waals surface area (Å²) in [4.78, 5) is 0. The number of allylic oxidation sites excluding steroid dienone is 6. The maximum atomic E-state index is 2.67. The molecule has 0 bridgehead atoms. The van der Waals surface area contributed by atoms with E-state index in [1.807, 2.05) is 0 Å². The van der Waals surface area contributed by atoms with Crippen LogP contribution in [0.2, 0.25) is 44.3 Å². The van der Waals surface area contributed by atoms with Crippen LogP contribution in [0, 0.1) is 0 Å². The molecule has 2 unspecified atom stereocenters. The van der Waals surface area contributed by atoms with Crippen molar-refractivity contribution >= 4 is 16.1 Å². The molecule has 0 aliphatic heterocycles. The molecule has 0 aromatic heterocycles. The van der Waals surface area contributed by atoms with Crippen molar-refractivity contribution in [2.45, 2.75) is 127 Å². The van der Waals surface area contributed by atoms with E-state index in [1.54, 1.807) is 0 Å². The summed E-state index contributed by atoms with van der Waals surface area (Å²) in [7, 11) is -3.09. The van der Waals surface area contributed by atoms with E-state index in [1.165, 1.54) is 0 Å². The van der Waals surface area contributed by atoms with E-state index >= 15 is 0 Å². The van der Waals surface area contributed by atoms with Gasteiger partial charge in [0.15, 0.2) is 0 Å². The molecule has 0 nitrogen and oxygen atoms in total. The Morgan fingerprint density at radius 1 is 0.393 bits per heavy atom. The van der Waals surface area contributed by atoms with Gasteiger partial charge in [-0.25, -0.2) is 0 Å². The minimum Gasteiger partial charge on any atom is -0.0840 e. The van der Waals surface area contributed by atoms with Gasteiger partial charge in [0.05, 0.1) is 16.1 Å². The molecule has 0 amide bonds. The van der Waals surface area contributed by atoms with Crippen LogP contribution in [0.4, 0.5) is 0 Å². The van der Waals surface area contributed by atoms with E-state index < -0.39 is 16.1 Å². The molecule has 1 aliphatic rings. The zero-order valence-corrected chi connectivity index (χ0v) is 23.1. The minimum absolute atomic E-state index is 0.637. The molecule has 2 atom stereocenters. The Morgan fingerprint density at radius 2 is 0.607 bits per heavy atom. The van der Waals surface area contributed by atoms with Gasteiger partial charge < -0.3 is 0 Å². The summed E-state index contributed by atoms with van der Waals surface area (Å²) in [6.07, 6.45) is 15.2. The molecule has 28 heavy (non-hydrogen) atoms. The molecule has 0 aromatic rings. The summed E-state index contributed by atoms with van der Waals surface area (Å²) in [6.45, 7) is 29.9. The van der Waals surface area contributed by atoms with E-state index in [4.69, 9.17) is 0 Å². The van der Waals surface area contributed by atoms with E-state index in [-0.39, 0.29) is 0 Å². The summed E-state index contributed by atoms with van der Waals surface area (Å²) in [5.74, 6) is 0. The van der Waals surface area contributed by atoms with E-state index in [0.717, 1.165) is 33.2 Å².